The van der Waals surface area contributed by atoms with Gasteiger partial charge in [-0.05, 0) is 11.8 Å². The van der Waals surface area contributed by atoms with Crippen molar-refractivity contribution in [3.05, 3.63) is 18.1 Å². The summed E-state index contributed by atoms with van der Waals surface area (Å²) in [5.41, 5.74) is 6.42. The third-order valence-electron chi connectivity index (χ3n) is 2.89. The fourth-order valence-electron chi connectivity index (χ4n) is 1.92. The minimum atomic E-state index is 0.292. The van der Waals surface area contributed by atoms with E-state index in [0.29, 0.717) is 16.1 Å². The summed E-state index contributed by atoms with van der Waals surface area (Å²) in [6, 6.07) is 0. The van der Waals surface area contributed by atoms with E-state index in [1.54, 1.807) is 12.4 Å². The average molecular weight is 236 g/mol. The van der Waals surface area contributed by atoms with Crippen LogP contribution >= 0.6 is 12.2 Å². The van der Waals surface area contributed by atoms with E-state index in [9.17, 15) is 0 Å². The molecule has 0 bridgehead atoms. The number of aromatic nitrogens is 2. The monoisotopic (exact) mass is 236 g/mol. The van der Waals surface area contributed by atoms with Crippen molar-refractivity contribution in [3.63, 3.8) is 0 Å². The smallest absolute Gasteiger partial charge is 0.147 e. The van der Waals surface area contributed by atoms with Crippen LogP contribution in [0.2, 0.25) is 0 Å². The Bertz CT molecular complexity index is 399. The van der Waals surface area contributed by atoms with Crippen LogP contribution in [-0.2, 0) is 0 Å². The number of hydrogen-bond acceptors (Lipinski definition) is 4. The fourth-order valence-corrected chi connectivity index (χ4v) is 2.03. The third-order valence-corrected chi connectivity index (χ3v) is 3.10. The lowest BCUT2D eigenvalue weighted by atomic mass is 9.93. The largest absolute Gasteiger partial charge is 0.388 e. The Morgan fingerprint density at radius 2 is 2.19 bits per heavy atom. The molecule has 2 heterocycles. The molecular formula is C11H16N4S. The van der Waals surface area contributed by atoms with Gasteiger partial charge >= 0.3 is 0 Å². The highest BCUT2D eigenvalue weighted by molar-refractivity contribution is 7.80. The van der Waals surface area contributed by atoms with Crippen LogP contribution in [-0.4, -0.2) is 28.0 Å². The van der Waals surface area contributed by atoms with Gasteiger partial charge in [0.05, 0.1) is 12.4 Å². The molecular weight excluding hydrogens is 220 g/mol. The van der Waals surface area contributed by atoms with Crippen molar-refractivity contribution in [2.75, 3.05) is 18.0 Å². The molecule has 5 heteroatoms. The Balaban J connectivity index is 2.14. The van der Waals surface area contributed by atoms with Crippen LogP contribution in [0.1, 0.15) is 26.0 Å². The van der Waals surface area contributed by atoms with Gasteiger partial charge in [0.25, 0.3) is 0 Å². The average Bonchev–Trinajstić information content (AvgIpc) is 2.59. The van der Waals surface area contributed by atoms with Crippen molar-refractivity contribution in [1.82, 2.24) is 9.97 Å². The van der Waals surface area contributed by atoms with Gasteiger partial charge in [0.1, 0.15) is 16.5 Å². The second-order valence-electron chi connectivity index (χ2n) is 4.96. The number of nitrogens with zero attached hydrogens (tertiary/aromatic N) is 3. The van der Waals surface area contributed by atoms with Crippen molar-refractivity contribution >= 4 is 23.0 Å². The minimum absolute atomic E-state index is 0.292. The van der Waals surface area contributed by atoms with Crippen LogP contribution in [0.5, 0.6) is 0 Å². The van der Waals surface area contributed by atoms with Crippen LogP contribution < -0.4 is 10.6 Å². The lowest BCUT2D eigenvalue weighted by molar-refractivity contribution is 0.418. The molecule has 0 amide bonds. The fraction of sp³-hybridized carbons (Fsp3) is 0.545. The van der Waals surface area contributed by atoms with Crippen LogP contribution in [0.25, 0.3) is 0 Å². The number of nitrogens with two attached hydrogens (primary N) is 1. The normalized spacial score (nSPS) is 18.8. The zero-order chi connectivity index (χ0) is 11.8. The molecule has 0 spiro atoms. The molecule has 1 fully saturated rings. The van der Waals surface area contributed by atoms with Crippen LogP contribution in [0.3, 0.4) is 0 Å². The Labute approximate surface area is 101 Å². The van der Waals surface area contributed by atoms with E-state index < -0.39 is 0 Å². The Kier molecular flexibility index (Phi) is 2.80. The van der Waals surface area contributed by atoms with Crippen LogP contribution in [0.4, 0.5) is 5.82 Å². The van der Waals surface area contributed by atoms with E-state index in [2.05, 4.69) is 28.7 Å². The minimum Gasteiger partial charge on any atom is -0.388 e. The second-order valence-corrected chi connectivity index (χ2v) is 5.40. The molecule has 4 nitrogen and oxygen atoms in total. The maximum absolute atomic E-state index is 5.48. The number of hydrogen-bond donors (Lipinski definition) is 1. The van der Waals surface area contributed by atoms with E-state index in [1.165, 1.54) is 6.42 Å². The highest BCUT2D eigenvalue weighted by Gasteiger charge is 2.29. The van der Waals surface area contributed by atoms with Crippen molar-refractivity contribution in [2.45, 2.75) is 20.3 Å². The SMILES string of the molecule is CC1(C)CCN(c2cnc(C(N)=S)cn2)C1. The zero-order valence-electron chi connectivity index (χ0n) is 9.60. The summed E-state index contributed by atoms with van der Waals surface area (Å²) in [5.74, 6) is 0.908. The predicted octanol–water partition coefficient (Wildman–Crippen LogP) is 1.35. The predicted molar refractivity (Wildman–Crippen MR) is 68.5 cm³/mol. The van der Waals surface area contributed by atoms with Gasteiger partial charge < -0.3 is 10.6 Å². The first-order valence-corrected chi connectivity index (χ1v) is 5.76. The van der Waals surface area contributed by atoms with E-state index in [1.807, 2.05) is 0 Å². The van der Waals surface area contributed by atoms with E-state index >= 15 is 0 Å². The van der Waals surface area contributed by atoms with Gasteiger partial charge in [0, 0.05) is 13.1 Å². The number of thiocarbonyl (C=S) groups is 1. The molecule has 2 rings (SSSR count). The van der Waals surface area contributed by atoms with E-state index in [-0.39, 0.29) is 0 Å². The maximum Gasteiger partial charge on any atom is 0.147 e. The number of rotatable bonds is 2. The molecule has 1 saturated heterocycles. The molecule has 0 atom stereocenters. The maximum atomic E-state index is 5.48. The summed E-state index contributed by atoms with van der Waals surface area (Å²) in [5, 5.41) is 0. The summed E-state index contributed by atoms with van der Waals surface area (Å²) in [4.78, 5) is 11.1. The van der Waals surface area contributed by atoms with Crippen molar-refractivity contribution in [3.8, 4) is 0 Å². The standard InChI is InChI=1S/C11H16N4S/c1-11(2)3-4-15(7-11)9-6-13-8(5-14-9)10(12)16/h5-6H,3-4,7H2,1-2H3,(H2,12,16). The molecule has 1 aliphatic heterocycles. The van der Waals surface area contributed by atoms with Gasteiger partial charge in [-0.25, -0.2) is 9.97 Å². The molecule has 1 aromatic heterocycles. The molecule has 16 heavy (non-hydrogen) atoms. The highest BCUT2D eigenvalue weighted by atomic mass is 32.1. The van der Waals surface area contributed by atoms with Crippen molar-refractivity contribution in [1.29, 1.82) is 0 Å². The van der Waals surface area contributed by atoms with E-state index in [4.69, 9.17) is 18.0 Å². The highest BCUT2D eigenvalue weighted by Crippen LogP contribution is 2.31. The molecule has 0 radical (unpaired) electrons. The lowest BCUT2D eigenvalue weighted by Crippen LogP contribution is -2.24. The molecule has 0 saturated carbocycles. The zero-order valence-corrected chi connectivity index (χ0v) is 10.4. The molecule has 1 aliphatic rings. The summed E-state index contributed by atoms with van der Waals surface area (Å²) in [6.07, 6.45) is 4.57. The summed E-state index contributed by atoms with van der Waals surface area (Å²) < 4.78 is 0. The van der Waals surface area contributed by atoms with Gasteiger partial charge in [-0.2, -0.15) is 0 Å². The Hall–Kier alpha value is -1.23. The van der Waals surface area contributed by atoms with Crippen molar-refractivity contribution < 1.29 is 0 Å². The van der Waals surface area contributed by atoms with Gasteiger partial charge in [-0.3, -0.25) is 0 Å². The quantitative estimate of drug-likeness (QED) is 0.785. The summed E-state index contributed by atoms with van der Waals surface area (Å²) in [7, 11) is 0. The third kappa shape index (κ3) is 2.29. The van der Waals surface area contributed by atoms with Gasteiger partial charge in [0.2, 0.25) is 0 Å². The molecule has 2 N–H and O–H groups in total. The molecule has 86 valence electrons. The first-order valence-electron chi connectivity index (χ1n) is 5.35. The molecule has 0 aromatic carbocycles. The van der Waals surface area contributed by atoms with Gasteiger partial charge in [0.15, 0.2) is 0 Å². The van der Waals surface area contributed by atoms with E-state index in [0.717, 1.165) is 18.9 Å². The summed E-state index contributed by atoms with van der Waals surface area (Å²) in [6.45, 7) is 6.59. The first-order chi connectivity index (χ1) is 7.48. The summed E-state index contributed by atoms with van der Waals surface area (Å²) >= 11 is 4.84. The molecule has 1 aromatic rings. The van der Waals surface area contributed by atoms with Crippen LogP contribution in [0, 0.1) is 5.41 Å². The molecule has 0 aliphatic carbocycles. The lowest BCUT2D eigenvalue weighted by Gasteiger charge is -2.20. The Morgan fingerprint density at radius 3 is 2.62 bits per heavy atom. The Morgan fingerprint density at radius 1 is 1.44 bits per heavy atom. The first kappa shape index (κ1) is 11.3. The topological polar surface area (TPSA) is 55.0 Å². The van der Waals surface area contributed by atoms with Gasteiger partial charge in [-0.1, -0.05) is 26.1 Å². The second kappa shape index (κ2) is 3.97. The number of anilines is 1. The molecule has 0 unspecified atom stereocenters. The van der Waals surface area contributed by atoms with Gasteiger partial charge in [-0.15, -0.1) is 0 Å². The van der Waals surface area contributed by atoms with Crippen molar-refractivity contribution in [2.24, 2.45) is 11.1 Å². The van der Waals surface area contributed by atoms with Crippen LogP contribution in [0.15, 0.2) is 12.4 Å².